The Morgan fingerprint density at radius 1 is 1.36 bits per heavy atom. The van der Waals surface area contributed by atoms with Crippen molar-refractivity contribution in [2.24, 2.45) is 0 Å². The van der Waals surface area contributed by atoms with E-state index in [9.17, 15) is 9.59 Å². The topological polar surface area (TPSA) is 43.4 Å². The SMILES string of the molecule is C=C(C=CC(=O)OC)CCCC(=O)Cl. The molecule has 0 amide bonds. The van der Waals surface area contributed by atoms with Crippen LogP contribution in [0.25, 0.3) is 0 Å². The maximum absolute atomic E-state index is 10.7. The molecule has 0 rings (SSSR count). The van der Waals surface area contributed by atoms with Crippen LogP contribution in [0.5, 0.6) is 0 Å². The Morgan fingerprint density at radius 2 is 2.00 bits per heavy atom. The van der Waals surface area contributed by atoms with Gasteiger partial charge in [-0.2, -0.15) is 0 Å². The summed E-state index contributed by atoms with van der Waals surface area (Å²) < 4.78 is 4.40. The first-order valence-corrected chi connectivity index (χ1v) is 4.56. The zero-order chi connectivity index (χ0) is 11.0. The number of ether oxygens (including phenoxy) is 1. The Balaban J connectivity index is 3.70. The first-order valence-electron chi connectivity index (χ1n) is 4.18. The molecular weight excluding hydrogens is 204 g/mol. The van der Waals surface area contributed by atoms with Gasteiger partial charge >= 0.3 is 5.97 Å². The summed E-state index contributed by atoms with van der Waals surface area (Å²) in [5, 5.41) is -0.352. The van der Waals surface area contributed by atoms with Crippen LogP contribution in [0.2, 0.25) is 0 Å². The van der Waals surface area contributed by atoms with Crippen LogP contribution in [0, 0.1) is 0 Å². The molecule has 0 atom stereocenters. The average molecular weight is 217 g/mol. The third kappa shape index (κ3) is 7.55. The minimum absolute atomic E-state index is 0.326. The van der Waals surface area contributed by atoms with Crippen LogP contribution in [-0.2, 0) is 14.3 Å². The number of allylic oxidation sites excluding steroid dienone is 2. The lowest BCUT2D eigenvalue weighted by Gasteiger charge is -1.97. The van der Waals surface area contributed by atoms with Gasteiger partial charge in [-0.15, -0.1) is 0 Å². The highest BCUT2D eigenvalue weighted by molar-refractivity contribution is 6.63. The fourth-order valence-corrected chi connectivity index (χ4v) is 0.925. The normalized spacial score (nSPS) is 10.1. The summed E-state index contributed by atoms with van der Waals surface area (Å²) in [6.45, 7) is 3.71. The van der Waals surface area contributed by atoms with Gasteiger partial charge in [-0.25, -0.2) is 4.79 Å². The van der Waals surface area contributed by atoms with Crippen LogP contribution < -0.4 is 0 Å². The third-order valence-electron chi connectivity index (χ3n) is 1.53. The van der Waals surface area contributed by atoms with E-state index >= 15 is 0 Å². The second kappa shape index (κ2) is 7.33. The monoisotopic (exact) mass is 216 g/mol. The Hall–Kier alpha value is -1.09. The quantitative estimate of drug-likeness (QED) is 0.296. The van der Waals surface area contributed by atoms with Crippen LogP contribution in [-0.4, -0.2) is 18.3 Å². The molecule has 3 nitrogen and oxygen atoms in total. The van der Waals surface area contributed by atoms with Gasteiger partial charge in [0.1, 0.15) is 0 Å². The second-order valence-corrected chi connectivity index (χ2v) is 3.14. The number of carbonyl (C=O) groups is 2. The van der Waals surface area contributed by atoms with Crippen LogP contribution >= 0.6 is 11.6 Å². The summed E-state index contributed by atoms with van der Waals surface area (Å²) in [5.74, 6) is -0.417. The molecule has 0 saturated heterocycles. The highest BCUT2D eigenvalue weighted by atomic mass is 35.5. The van der Waals surface area contributed by atoms with Gasteiger partial charge in [0.25, 0.3) is 0 Å². The summed E-state index contributed by atoms with van der Waals surface area (Å²) in [6, 6.07) is 0. The molecule has 0 aliphatic rings. The standard InChI is InChI=1S/C10H13ClO3/c1-8(4-3-5-9(11)12)6-7-10(13)14-2/h6-7H,1,3-5H2,2H3. The zero-order valence-corrected chi connectivity index (χ0v) is 8.84. The van der Waals surface area contributed by atoms with E-state index in [0.29, 0.717) is 19.3 Å². The third-order valence-corrected chi connectivity index (χ3v) is 1.72. The fourth-order valence-electron chi connectivity index (χ4n) is 0.792. The lowest BCUT2D eigenvalue weighted by atomic mass is 10.1. The van der Waals surface area contributed by atoms with Crippen molar-refractivity contribution < 1.29 is 14.3 Å². The van der Waals surface area contributed by atoms with Gasteiger partial charge < -0.3 is 4.74 Å². The molecule has 14 heavy (non-hydrogen) atoms. The molecule has 0 heterocycles. The van der Waals surface area contributed by atoms with Crippen molar-refractivity contribution >= 4 is 22.8 Å². The van der Waals surface area contributed by atoms with Crippen molar-refractivity contribution in [3.63, 3.8) is 0 Å². The molecule has 0 aliphatic heterocycles. The smallest absolute Gasteiger partial charge is 0.330 e. The molecule has 0 aromatic rings. The molecule has 0 saturated carbocycles. The first-order chi connectivity index (χ1) is 6.56. The molecule has 0 unspecified atom stereocenters. The number of methoxy groups -OCH3 is 1. The second-order valence-electron chi connectivity index (χ2n) is 2.72. The molecule has 0 aromatic carbocycles. The zero-order valence-electron chi connectivity index (χ0n) is 8.09. The lowest BCUT2D eigenvalue weighted by molar-refractivity contribution is -0.134. The number of halogens is 1. The highest BCUT2D eigenvalue weighted by Crippen LogP contribution is 2.07. The predicted molar refractivity (Wildman–Crippen MR) is 55.0 cm³/mol. The van der Waals surface area contributed by atoms with Crippen molar-refractivity contribution in [1.82, 2.24) is 0 Å². The lowest BCUT2D eigenvalue weighted by Crippen LogP contribution is -1.94. The van der Waals surface area contributed by atoms with Crippen LogP contribution in [0.15, 0.2) is 24.3 Å². The summed E-state index contributed by atoms with van der Waals surface area (Å²) >= 11 is 5.15. The van der Waals surface area contributed by atoms with Crippen LogP contribution in [0.4, 0.5) is 0 Å². The van der Waals surface area contributed by atoms with E-state index in [4.69, 9.17) is 11.6 Å². The van der Waals surface area contributed by atoms with Crippen LogP contribution in [0.3, 0.4) is 0 Å². The van der Waals surface area contributed by atoms with Crippen molar-refractivity contribution in [1.29, 1.82) is 0 Å². The molecule has 78 valence electrons. The Labute approximate surface area is 88.4 Å². The van der Waals surface area contributed by atoms with E-state index in [0.717, 1.165) is 5.57 Å². The fraction of sp³-hybridized carbons (Fsp3) is 0.400. The van der Waals surface area contributed by atoms with Gasteiger partial charge in [-0.3, -0.25) is 4.79 Å². The van der Waals surface area contributed by atoms with Gasteiger partial charge in [0, 0.05) is 12.5 Å². The summed E-state index contributed by atoms with van der Waals surface area (Å²) in [4.78, 5) is 21.1. The van der Waals surface area contributed by atoms with Gasteiger partial charge in [-0.05, 0) is 24.4 Å². The molecule has 0 N–H and O–H groups in total. The van der Waals surface area contributed by atoms with Gasteiger partial charge in [-0.1, -0.05) is 18.2 Å². The van der Waals surface area contributed by atoms with E-state index in [-0.39, 0.29) is 5.24 Å². The van der Waals surface area contributed by atoms with Gasteiger partial charge in [0.05, 0.1) is 7.11 Å². The predicted octanol–water partition coefficient (Wildman–Crippen LogP) is 2.21. The average Bonchev–Trinajstić information content (AvgIpc) is 2.13. The molecule has 0 fully saturated rings. The minimum atomic E-state index is -0.417. The van der Waals surface area contributed by atoms with Crippen molar-refractivity contribution in [2.45, 2.75) is 19.3 Å². The maximum Gasteiger partial charge on any atom is 0.330 e. The van der Waals surface area contributed by atoms with Gasteiger partial charge in [0.2, 0.25) is 5.24 Å². The summed E-state index contributed by atoms with van der Waals surface area (Å²) in [5.41, 5.74) is 0.772. The van der Waals surface area contributed by atoms with Crippen molar-refractivity contribution in [3.05, 3.63) is 24.3 Å². The highest BCUT2D eigenvalue weighted by Gasteiger charge is 1.97. The van der Waals surface area contributed by atoms with Crippen molar-refractivity contribution in [3.8, 4) is 0 Å². The van der Waals surface area contributed by atoms with Crippen molar-refractivity contribution in [2.75, 3.05) is 7.11 Å². The number of hydrogen-bond acceptors (Lipinski definition) is 3. The molecule has 0 aliphatic carbocycles. The molecule has 0 spiro atoms. The van der Waals surface area contributed by atoms with Gasteiger partial charge in [0.15, 0.2) is 0 Å². The van der Waals surface area contributed by atoms with E-state index in [1.54, 1.807) is 6.08 Å². The summed E-state index contributed by atoms with van der Waals surface area (Å²) in [7, 11) is 1.31. The molecule has 0 aromatic heterocycles. The first kappa shape index (κ1) is 12.9. The van der Waals surface area contributed by atoms with Crippen LogP contribution in [0.1, 0.15) is 19.3 Å². The number of carbonyl (C=O) groups excluding carboxylic acids is 2. The summed E-state index contributed by atoms with van der Waals surface area (Å²) in [6.07, 6.45) is 4.49. The Kier molecular flexibility index (Phi) is 6.76. The number of rotatable bonds is 6. The molecule has 0 radical (unpaired) electrons. The van der Waals surface area contributed by atoms with E-state index in [1.165, 1.54) is 13.2 Å². The molecular formula is C10H13ClO3. The minimum Gasteiger partial charge on any atom is -0.466 e. The van der Waals surface area contributed by atoms with E-state index in [2.05, 4.69) is 11.3 Å². The number of esters is 1. The van der Waals surface area contributed by atoms with E-state index < -0.39 is 5.97 Å². The Bertz CT molecular complexity index is 256. The number of hydrogen-bond donors (Lipinski definition) is 0. The Morgan fingerprint density at radius 3 is 2.50 bits per heavy atom. The molecule has 4 heteroatoms. The van der Waals surface area contributed by atoms with E-state index in [1.807, 2.05) is 0 Å². The maximum atomic E-state index is 10.7. The molecule has 0 bridgehead atoms. The largest absolute Gasteiger partial charge is 0.466 e.